The van der Waals surface area contributed by atoms with Crippen LogP contribution in [0.5, 0.6) is 0 Å². The van der Waals surface area contributed by atoms with Crippen molar-refractivity contribution >= 4 is 16.0 Å². The highest BCUT2D eigenvalue weighted by Crippen LogP contribution is 2.27. The molecule has 0 spiro atoms. The van der Waals surface area contributed by atoms with E-state index in [0.717, 1.165) is 24.0 Å². The molecule has 0 amide bonds. The van der Waals surface area contributed by atoms with Gasteiger partial charge in [-0.2, -0.15) is 17.0 Å². The molecule has 5 nitrogen and oxygen atoms in total. The van der Waals surface area contributed by atoms with Crippen LogP contribution in [0.15, 0.2) is 24.3 Å². The average molecular weight is 365 g/mol. The zero-order chi connectivity index (χ0) is 18.0. The summed E-state index contributed by atoms with van der Waals surface area (Å²) in [5, 5.41) is 0. The summed E-state index contributed by atoms with van der Waals surface area (Å²) in [6.45, 7) is 6.22. The van der Waals surface area contributed by atoms with Gasteiger partial charge in [0, 0.05) is 37.7 Å². The summed E-state index contributed by atoms with van der Waals surface area (Å²) in [5.74, 6) is 0.488. The lowest BCUT2D eigenvalue weighted by molar-refractivity contribution is 0.0872. The maximum Gasteiger partial charge on any atom is 0.281 e. The molecule has 2 aliphatic rings. The van der Waals surface area contributed by atoms with Crippen LogP contribution in [0.25, 0.3) is 0 Å². The minimum absolute atomic E-state index is 0.0746. The van der Waals surface area contributed by atoms with Crippen LogP contribution in [0.2, 0.25) is 0 Å². The van der Waals surface area contributed by atoms with Gasteiger partial charge < -0.3 is 0 Å². The number of Topliss-reactive ketones (excluding diaryl/α,β-unsaturated/α-hetero) is 1. The van der Waals surface area contributed by atoms with Crippen molar-refractivity contribution in [2.24, 2.45) is 11.8 Å². The monoisotopic (exact) mass is 364 g/mol. The van der Waals surface area contributed by atoms with E-state index < -0.39 is 10.2 Å². The van der Waals surface area contributed by atoms with Gasteiger partial charge in [-0.25, -0.2) is 0 Å². The van der Waals surface area contributed by atoms with E-state index in [0.29, 0.717) is 44.9 Å². The molecule has 2 heterocycles. The Kier molecular flexibility index (Phi) is 5.61. The van der Waals surface area contributed by atoms with Crippen LogP contribution in [0.3, 0.4) is 0 Å². The van der Waals surface area contributed by atoms with Crippen molar-refractivity contribution in [1.82, 2.24) is 8.61 Å². The highest BCUT2D eigenvalue weighted by atomic mass is 32.2. The van der Waals surface area contributed by atoms with Gasteiger partial charge in [0.25, 0.3) is 10.2 Å². The maximum atomic E-state index is 12.8. The summed E-state index contributed by atoms with van der Waals surface area (Å²) < 4.78 is 28.9. The molecule has 0 saturated carbocycles. The van der Waals surface area contributed by atoms with Gasteiger partial charge in [-0.1, -0.05) is 36.8 Å². The number of carbonyl (C=O) groups excluding carboxylic acids is 1. The van der Waals surface area contributed by atoms with Crippen LogP contribution >= 0.6 is 0 Å². The van der Waals surface area contributed by atoms with Crippen molar-refractivity contribution < 1.29 is 13.2 Å². The molecule has 1 unspecified atom stereocenters. The van der Waals surface area contributed by atoms with E-state index in [1.165, 1.54) is 0 Å². The third kappa shape index (κ3) is 4.13. The smallest absolute Gasteiger partial charge is 0.281 e. The van der Waals surface area contributed by atoms with Gasteiger partial charge in [0.05, 0.1) is 0 Å². The third-order valence-corrected chi connectivity index (χ3v) is 7.44. The first-order valence-corrected chi connectivity index (χ1v) is 10.6. The summed E-state index contributed by atoms with van der Waals surface area (Å²) in [7, 11) is -3.38. The first-order valence-electron chi connectivity index (χ1n) is 9.24. The van der Waals surface area contributed by atoms with Crippen molar-refractivity contribution in [3.63, 3.8) is 0 Å². The Morgan fingerprint density at radius 2 is 1.64 bits per heavy atom. The highest BCUT2D eigenvalue weighted by molar-refractivity contribution is 7.86. The summed E-state index contributed by atoms with van der Waals surface area (Å²) >= 11 is 0. The highest BCUT2D eigenvalue weighted by Gasteiger charge is 2.36. The molecule has 0 radical (unpaired) electrons. The predicted octanol–water partition coefficient (Wildman–Crippen LogP) is 2.87. The molecule has 138 valence electrons. The van der Waals surface area contributed by atoms with Gasteiger partial charge in [-0.3, -0.25) is 4.79 Å². The molecule has 0 aliphatic carbocycles. The molecule has 0 bridgehead atoms. The van der Waals surface area contributed by atoms with E-state index in [2.05, 4.69) is 6.92 Å². The van der Waals surface area contributed by atoms with Crippen LogP contribution in [0, 0.1) is 18.8 Å². The van der Waals surface area contributed by atoms with Crippen molar-refractivity contribution in [1.29, 1.82) is 0 Å². The summed E-state index contributed by atoms with van der Waals surface area (Å²) in [6.07, 6.45) is 3.24. The SMILES string of the molecule is Cc1ccc(C(=O)C2CCN(S(=O)(=O)N3CCCC(C)C3)CC2)cc1. The normalized spacial score (nSPS) is 24.3. The first-order chi connectivity index (χ1) is 11.9. The Bertz CT molecular complexity index is 707. The van der Waals surface area contributed by atoms with Crippen LogP contribution in [0.1, 0.15) is 48.5 Å². The molecule has 2 fully saturated rings. The molecule has 0 N–H and O–H groups in total. The fourth-order valence-corrected chi connectivity index (χ4v) is 5.62. The molecule has 1 atom stereocenters. The standard InChI is InChI=1S/C19H28N2O3S/c1-15-5-7-17(8-6-15)19(22)18-9-12-20(13-10-18)25(23,24)21-11-3-4-16(2)14-21/h5-8,16,18H,3-4,9-14H2,1-2H3. The molecule has 25 heavy (non-hydrogen) atoms. The Labute approximate surface area is 151 Å². The van der Waals surface area contributed by atoms with E-state index in [1.54, 1.807) is 8.61 Å². The van der Waals surface area contributed by atoms with E-state index in [-0.39, 0.29) is 11.7 Å². The van der Waals surface area contributed by atoms with E-state index in [1.807, 2.05) is 31.2 Å². The maximum absolute atomic E-state index is 12.8. The van der Waals surface area contributed by atoms with Crippen molar-refractivity contribution in [2.75, 3.05) is 26.2 Å². The van der Waals surface area contributed by atoms with Gasteiger partial charge in [-0.15, -0.1) is 0 Å². The van der Waals surface area contributed by atoms with Crippen LogP contribution in [-0.2, 0) is 10.2 Å². The molecule has 2 aliphatic heterocycles. The lowest BCUT2D eigenvalue weighted by Gasteiger charge is -2.37. The summed E-state index contributed by atoms with van der Waals surface area (Å²) in [4.78, 5) is 12.6. The number of carbonyl (C=O) groups is 1. The largest absolute Gasteiger partial charge is 0.294 e. The number of aryl methyl sites for hydroxylation is 1. The third-order valence-electron chi connectivity index (χ3n) is 5.43. The molecule has 0 aromatic heterocycles. The van der Waals surface area contributed by atoms with E-state index >= 15 is 0 Å². The number of ketones is 1. The molecule has 6 heteroatoms. The topological polar surface area (TPSA) is 57.7 Å². The van der Waals surface area contributed by atoms with Gasteiger partial charge in [0.1, 0.15) is 0 Å². The number of benzene rings is 1. The van der Waals surface area contributed by atoms with Gasteiger partial charge in [0.15, 0.2) is 5.78 Å². The summed E-state index contributed by atoms with van der Waals surface area (Å²) in [5.41, 5.74) is 1.87. The minimum atomic E-state index is -3.38. The minimum Gasteiger partial charge on any atom is -0.294 e. The second-order valence-electron chi connectivity index (χ2n) is 7.52. The second-order valence-corrected chi connectivity index (χ2v) is 9.45. The molecule has 1 aromatic rings. The predicted molar refractivity (Wildman–Crippen MR) is 98.7 cm³/mol. The fraction of sp³-hybridized carbons (Fsp3) is 0.632. The molecular weight excluding hydrogens is 336 g/mol. The zero-order valence-corrected chi connectivity index (χ0v) is 16.0. The Balaban J connectivity index is 1.61. The fourth-order valence-electron chi connectivity index (χ4n) is 3.82. The van der Waals surface area contributed by atoms with Crippen LogP contribution in [-0.4, -0.2) is 49.0 Å². The van der Waals surface area contributed by atoms with Crippen molar-refractivity contribution in [3.05, 3.63) is 35.4 Å². The Morgan fingerprint density at radius 1 is 1.00 bits per heavy atom. The second kappa shape index (κ2) is 7.56. The average Bonchev–Trinajstić information content (AvgIpc) is 2.62. The lowest BCUT2D eigenvalue weighted by atomic mass is 9.89. The molecule has 3 rings (SSSR count). The number of piperidine rings is 2. The molecule has 2 saturated heterocycles. The Morgan fingerprint density at radius 3 is 2.24 bits per heavy atom. The number of hydrogen-bond acceptors (Lipinski definition) is 3. The number of rotatable bonds is 4. The van der Waals surface area contributed by atoms with Crippen LogP contribution < -0.4 is 0 Å². The quantitative estimate of drug-likeness (QED) is 0.772. The van der Waals surface area contributed by atoms with Crippen LogP contribution in [0.4, 0.5) is 0 Å². The number of nitrogens with zero attached hydrogens (tertiary/aromatic N) is 2. The van der Waals surface area contributed by atoms with E-state index in [4.69, 9.17) is 0 Å². The molecular formula is C19H28N2O3S. The van der Waals surface area contributed by atoms with Gasteiger partial charge in [-0.05, 0) is 38.5 Å². The summed E-state index contributed by atoms with van der Waals surface area (Å²) in [6, 6.07) is 7.64. The van der Waals surface area contributed by atoms with Crippen molar-refractivity contribution in [3.8, 4) is 0 Å². The van der Waals surface area contributed by atoms with Crippen molar-refractivity contribution in [2.45, 2.75) is 39.5 Å². The lowest BCUT2D eigenvalue weighted by Crippen LogP contribution is -2.50. The van der Waals surface area contributed by atoms with Gasteiger partial charge >= 0.3 is 0 Å². The van der Waals surface area contributed by atoms with Gasteiger partial charge in [0.2, 0.25) is 0 Å². The molecule has 1 aromatic carbocycles. The number of hydrogen-bond donors (Lipinski definition) is 0. The first kappa shape index (κ1) is 18.5. The Hall–Kier alpha value is -1.24. The zero-order valence-electron chi connectivity index (χ0n) is 15.1. The van der Waals surface area contributed by atoms with E-state index in [9.17, 15) is 13.2 Å².